The summed E-state index contributed by atoms with van der Waals surface area (Å²) in [5, 5.41) is 4.56. The van der Waals surface area contributed by atoms with Crippen LogP contribution in [-0.4, -0.2) is 9.78 Å². The maximum absolute atomic E-state index is 4.56. The molecule has 1 fully saturated rings. The maximum Gasteiger partial charge on any atom is 0.0800 e. The van der Waals surface area contributed by atoms with Crippen LogP contribution in [0.4, 0.5) is 0 Å². The zero-order valence-electron chi connectivity index (χ0n) is 8.18. The Balaban J connectivity index is 2.34. The molecule has 1 aromatic heterocycles. The van der Waals surface area contributed by atoms with Gasteiger partial charge in [0.25, 0.3) is 0 Å². The maximum atomic E-state index is 4.56. The highest BCUT2D eigenvalue weighted by Crippen LogP contribution is 2.37. The predicted octanol–water partition coefficient (Wildman–Crippen LogP) is 3.15. The van der Waals surface area contributed by atoms with Gasteiger partial charge in [-0.15, -0.1) is 0 Å². The molecule has 1 saturated carbocycles. The summed E-state index contributed by atoms with van der Waals surface area (Å²) in [7, 11) is 2.01. The van der Waals surface area contributed by atoms with E-state index in [1.165, 1.54) is 41.5 Å². The molecule has 2 nitrogen and oxygen atoms in total. The van der Waals surface area contributed by atoms with Crippen LogP contribution in [0.25, 0.3) is 0 Å². The van der Waals surface area contributed by atoms with Crippen LogP contribution < -0.4 is 0 Å². The molecular weight excluding hydrogens is 228 g/mol. The third-order valence-corrected chi connectivity index (χ3v) is 4.01. The fraction of sp³-hybridized carbons (Fsp3) is 0.700. The molecule has 3 heteroatoms. The van der Waals surface area contributed by atoms with Gasteiger partial charge in [0.05, 0.1) is 10.2 Å². The molecule has 0 bridgehead atoms. The average Bonchev–Trinajstić information content (AvgIpc) is 2.70. The molecular formula is C10H15BrN2. The summed E-state index contributed by atoms with van der Waals surface area (Å²) in [6.07, 6.45) is 5.36. The van der Waals surface area contributed by atoms with Gasteiger partial charge in [-0.3, -0.25) is 4.68 Å². The first-order valence-corrected chi connectivity index (χ1v) is 5.68. The van der Waals surface area contributed by atoms with Gasteiger partial charge in [0.2, 0.25) is 0 Å². The average molecular weight is 243 g/mol. The minimum Gasteiger partial charge on any atom is -0.271 e. The summed E-state index contributed by atoms with van der Waals surface area (Å²) in [6.45, 7) is 2.11. The van der Waals surface area contributed by atoms with Crippen molar-refractivity contribution in [1.29, 1.82) is 0 Å². The molecule has 0 N–H and O–H groups in total. The molecule has 0 spiro atoms. The molecule has 0 radical (unpaired) electrons. The van der Waals surface area contributed by atoms with Crippen molar-refractivity contribution in [2.24, 2.45) is 7.05 Å². The van der Waals surface area contributed by atoms with Gasteiger partial charge in [-0.05, 0) is 35.7 Å². The number of rotatable bonds is 1. The summed E-state index contributed by atoms with van der Waals surface area (Å²) < 4.78 is 3.19. The van der Waals surface area contributed by atoms with Gasteiger partial charge >= 0.3 is 0 Å². The fourth-order valence-corrected chi connectivity index (χ4v) is 2.73. The summed E-state index contributed by atoms with van der Waals surface area (Å²) in [5.41, 5.74) is 2.51. The van der Waals surface area contributed by atoms with Crippen LogP contribution in [0.1, 0.15) is 43.0 Å². The van der Waals surface area contributed by atoms with Gasteiger partial charge < -0.3 is 0 Å². The molecule has 2 rings (SSSR count). The minimum atomic E-state index is 0.703. The Morgan fingerprint density at radius 1 is 1.38 bits per heavy atom. The molecule has 0 aromatic carbocycles. The molecule has 0 aliphatic heterocycles. The van der Waals surface area contributed by atoms with Crippen LogP contribution in [0, 0.1) is 6.92 Å². The van der Waals surface area contributed by atoms with E-state index in [1.54, 1.807) is 0 Å². The van der Waals surface area contributed by atoms with E-state index in [2.05, 4.69) is 28.0 Å². The van der Waals surface area contributed by atoms with E-state index in [1.807, 2.05) is 11.7 Å². The molecule has 13 heavy (non-hydrogen) atoms. The second kappa shape index (κ2) is 3.45. The monoisotopic (exact) mass is 242 g/mol. The summed E-state index contributed by atoms with van der Waals surface area (Å²) in [6, 6.07) is 0. The Labute approximate surface area is 87.5 Å². The van der Waals surface area contributed by atoms with Crippen LogP contribution in [0.5, 0.6) is 0 Å². The Kier molecular flexibility index (Phi) is 2.45. The lowest BCUT2D eigenvalue weighted by atomic mass is 10.0. The quantitative estimate of drug-likeness (QED) is 0.740. The molecule has 0 amide bonds. The third kappa shape index (κ3) is 1.54. The lowest BCUT2D eigenvalue weighted by Crippen LogP contribution is -1.96. The summed E-state index contributed by atoms with van der Waals surface area (Å²) >= 11 is 3.63. The van der Waals surface area contributed by atoms with E-state index in [0.717, 1.165) is 0 Å². The van der Waals surface area contributed by atoms with E-state index < -0.39 is 0 Å². The SMILES string of the molecule is Cc1c(Br)c(C2CCCC2)nn1C. The molecule has 0 saturated heterocycles. The van der Waals surface area contributed by atoms with Crippen molar-refractivity contribution in [1.82, 2.24) is 9.78 Å². The van der Waals surface area contributed by atoms with Crippen LogP contribution in [0.15, 0.2) is 4.47 Å². The van der Waals surface area contributed by atoms with Crippen molar-refractivity contribution in [3.63, 3.8) is 0 Å². The number of hydrogen-bond donors (Lipinski definition) is 0. The van der Waals surface area contributed by atoms with E-state index >= 15 is 0 Å². The minimum absolute atomic E-state index is 0.703. The van der Waals surface area contributed by atoms with Crippen LogP contribution >= 0.6 is 15.9 Å². The molecule has 1 aromatic rings. The summed E-state index contributed by atoms with van der Waals surface area (Å²) in [5.74, 6) is 0.703. The van der Waals surface area contributed by atoms with Crippen molar-refractivity contribution in [2.75, 3.05) is 0 Å². The van der Waals surface area contributed by atoms with Crippen LogP contribution in [-0.2, 0) is 7.05 Å². The first-order valence-electron chi connectivity index (χ1n) is 4.89. The molecule has 1 aliphatic carbocycles. The summed E-state index contributed by atoms with van der Waals surface area (Å²) in [4.78, 5) is 0. The van der Waals surface area contributed by atoms with E-state index in [4.69, 9.17) is 0 Å². The molecule has 1 heterocycles. The van der Waals surface area contributed by atoms with E-state index in [9.17, 15) is 0 Å². The van der Waals surface area contributed by atoms with Gasteiger partial charge in [-0.2, -0.15) is 5.10 Å². The van der Waals surface area contributed by atoms with Crippen LogP contribution in [0.2, 0.25) is 0 Å². The third-order valence-electron chi connectivity index (χ3n) is 3.03. The number of hydrogen-bond acceptors (Lipinski definition) is 1. The first kappa shape index (κ1) is 9.25. The van der Waals surface area contributed by atoms with Crippen molar-refractivity contribution < 1.29 is 0 Å². The second-order valence-corrected chi connectivity index (χ2v) is 4.68. The molecule has 0 atom stereocenters. The van der Waals surface area contributed by atoms with Gasteiger partial charge in [-0.1, -0.05) is 12.8 Å². The van der Waals surface area contributed by atoms with Crippen molar-refractivity contribution in [3.05, 3.63) is 15.9 Å². The Morgan fingerprint density at radius 2 is 2.00 bits per heavy atom. The zero-order chi connectivity index (χ0) is 9.42. The fourth-order valence-electron chi connectivity index (χ4n) is 2.07. The first-order chi connectivity index (χ1) is 6.20. The van der Waals surface area contributed by atoms with Gasteiger partial charge in [0.15, 0.2) is 0 Å². The Morgan fingerprint density at radius 3 is 2.46 bits per heavy atom. The van der Waals surface area contributed by atoms with Crippen molar-refractivity contribution >= 4 is 15.9 Å². The van der Waals surface area contributed by atoms with Crippen molar-refractivity contribution in [3.8, 4) is 0 Å². The molecule has 0 unspecified atom stereocenters. The number of aromatic nitrogens is 2. The highest BCUT2D eigenvalue weighted by molar-refractivity contribution is 9.10. The lowest BCUT2D eigenvalue weighted by molar-refractivity contribution is 0.651. The Bertz CT molecular complexity index is 311. The highest BCUT2D eigenvalue weighted by atomic mass is 79.9. The smallest absolute Gasteiger partial charge is 0.0800 e. The number of nitrogens with zero attached hydrogens (tertiary/aromatic N) is 2. The molecule has 1 aliphatic rings. The number of halogens is 1. The van der Waals surface area contributed by atoms with E-state index in [0.29, 0.717) is 5.92 Å². The number of aryl methyl sites for hydroxylation is 1. The van der Waals surface area contributed by atoms with Gasteiger partial charge in [0.1, 0.15) is 0 Å². The van der Waals surface area contributed by atoms with Gasteiger partial charge in [-0.25, -0.2) is 0 Å². The zero-order valence-corrected chi connectivity index (χ0v) is 9.76. The normalized spacial score (nSPS) is 18.4. The second-order valence-electron chi connectivity index (χ2n) is 3.89. The van der Waals surface area contributed by atoms with E-state index in [-0.39, 0.29) is 0 Å². The standard InChI is InChI=1S/C10H15BrN2/c1-7-9(11)10(12-13(7)2)8-5-3-4-6-8/h8H,3-6H2,1-2H3. The highest BCUT2D eigenvalue weighted by Gasteiger charge is 2.23. The molecule has 72 valence electrons. The van der Waals surface area contributed by atoms with Gasteiger partial charge in [0, 0.05) is 18.7 Å². The lowest BCUT2D eigenvalue weighted by Gasteiger charge is -2.04. The largest absolute Gasteiger partial charge is 0.271 e. The van der Waals surface area contributed by atoms with Crippen molar-refractivity contribution in [2.45, 2.75) is 38.5 Å². The Hall–Kier alpha value is -0.310. The predicted molar refractivity (Wildman–Crippen MR) is 56.9 cm³/mol. The van der Waals surface area contributed by atoms with Crippen LogP contribution in [0.3, 0.4) is 0 Å². The topological polar surface area (TPSA) is 17.8 Å².